The molecule has 8 heterocycles. The Bertz CT molecular complexity index is 2010. The molecule has 4 N–H and O–H groups in total. The van der Waals surface area contributed by atoms with E-state index in [-0.39, 0.29) is 47.8 Å². The lowest BCUT2D eigenvalue weighted by atomic mass is 9.89. The predicted octanol–water partition coefficient (Wildman–Crippen LogP) is 6.90. The van der Waals surface area contributed by atoms with Crippen molar-refractivity contribution in [2.24, 2.45) is 0 Å². The van der Waals surface area contributed by atoms with Crippen molar-refractivity contribution in [2.75, 3.05) is 0 Å². The standard InChI is InChI=1S/C52H60N8O4/c61-49-41-9-5-25-57(33-41)29-37-17-19-39(20-18-37)31-59-27-7-11-43(35-59)51(63)55-47-15-3-4-16-48(47)56-52(64)44-12-8-28-60(36-44)32-40-23-21-38(22-24-40)30-58-26-6-10-42(34-58)50(62)54-46-14-2-1-13-45(46)53-49/h5-8,17-28,33-36,45-48H,1-4,9-16,29-32H2,(H,53,61)(H,54,62)(H,55,63)(H,56,64)/t45-,46-,47-,48-/m1/s1. The van der Waals surface area contributed by atoms with Crippen molar-refractivity contribution in [2.45, 2.75) is 127 Å². The molecule has 0 radical (unpaired) electrons. The van der Waals surface area contributed by atoms with Gasteiger partial charge in [0.15, 0.2) is 0 Å². The summed E-state index contributed by atoms with van der Waals surface area (Å²) >= 11 is 0. The quantitative estimate of drug-likeness (QED) is 0.226. The molecule has 12 rings (SSSR count). The minimum atomic E-state index is -0.150. The highest BCUT2D eigenvalue weighted by Gasteiger charge is 2.32. The van der Waals surface area contributed by atoms with Gasteiger partial charge in [0.1, 0.15) is 0 Å². The molecule has 8 aliphatic heterocycles. The minimum Gasteiger partial charge on any atom is -0.350 e. The van der Waals surface area contributed by atoms with Crippen LogP contribution < -0.4 is 21.3 Å². The number of hydrogen-bond donors (Lipinski definition) is 4. The molecule has 12 heteroatoms. The molecular weight excluding hydrogens is 801 g/mol. The summed E-state index contributed by atoms with van der Waals surface area (Å²) in [7, 11) is 0. The number of benzene rings is 2. The summed E-state index contributed by atoms with van der Waals surface area (Å²) in [5.41, 5.74) is 7.24. The van der Waals surface area contributed by atoms with Gasteiger partial charge in [0, 0.05) is 122 Å². The second-order valence-corrected chi connectivity index (χ2v) is 18.2. The van der Waals surface area contributed by atoms with Gasteiger partial charge in [-0.05, 0) is 73.6 Å². The third kappa shape index (κ3) is 10.8. The topological polar surface area (TPSA) is 129 Å². The van der Waals surface area contributed by atoms with Crippen molar-refractivity contribution in [3.05, 3.63) is 167 Å². The van der Waals surface area contributed by atoms with Gasteiger partial charge in [-0.25, -0.2) is 0 Å². The Morgan fingerprint density at radius 1 is 0.344 bits per heavy atom. The lowest BCUT2D eigenvalue weighted by Crippen LogP contribution is -2.53. The largest absolute Gasteiger partial charge is 0.350 e. The van der Waals surface area contributed by atoms with Crippen molar-refractivity contribution in [3.8, 4) is 0 Å². The van der Waals surface area contributed by atoms with E-state index < -0.39 is 0 Å². The Balaban J connectivity index is 0.931. The Kier molecular flexibility index (Phi) is 13.3. The van der Waals surface area contributed by atoms with Crippen molar-refractivity contribution >= 4 is 23.6 Å². The van der Waals surface area contributed by atoms with E-state index >= 15 is 0 Å². The van der Waals surface area contributed by atoms with Crippen LogP contribution in [0.25, 0.3) is 0 Å². The molecular formula is C52H60N8O4. The second kappa shape index (κ2) is 19.9. The Labute approximate surface area is 376 Å². The third-order valence-corrected chi connectivity index (χ3v) is 13.3. The van der Waals surface area contributed by atoms with Crippen LogP contribution in [0.2, 0.25) is 0 Å². The first-order valence-electron chi connectivity index (χ1n) is 23.2. The zero-order valence-corrected chi connectivity index (χ0v) is 36.6. The highest BCUT2D eigenvalue weighted by atomic mass is 16.2. The van der Waals surface area contributed by atoms with Gasteiger partial charge in [0.05, 0.1) is 0 Å². The average Bonchev–Trinajstić information content (AvgIpc) is 3.31. The molecule has 0 saturated heterocycles. The van der Waals surface area contributed by atoms with Crippen LogP contribution >= 0.6 is 0 Å². The fourth-order valence-corrected chi connectivity index (χ4v) is 9.78. The molecule has 64 heavy (non-hydrogen) atoms. The van der Waals surface area contributed by atoms with E-state index in [9.17, 15) is 19.2 Å². The van der Waals surface area contributed by atoms with E-state index in [0.29, 0.717) is 74.2 Å². The zero-order chi connectivity index (χ0) is 43.8. The molecule has 2 aromatic carbocycles. The molecule has 12 nitrogen and oxygen atoms in total. The molecule has 10 aliphatic rings. The van der Waals surface area contributed by atoms with Crippen molar-refractivity contribution in [1.82, 2.24) is 40.9 Å². The van der Waals surface area contributed by atoms with Gasteiger partial charge >= 0.3 is 0 Å². The zero-order valence-electron chi connectivity index (χ0n) is 36.6. The maximum absolute atomic E-state index is 13.7. The van der Waals surface area contributed by atoms with Crippen molar-refractivity contribution in [1.29, 1.82) is 0 Å². The lowest BCUT2D eigenvalue weighted by molar-refractivity contribution is -0.121. The molecule has 0 unspecified atom stereocenters. The molecule has 2 aliphatic carbocycles. The Hall–Kier alpha value is -6.56. The summed E-state index contributed by atoms with van der Waals surface area (Å²) in [5, 5.41) is 13.2. The molecule has 332 valence electrons. The van der Waals surface area contributed by atoms with Gasteiger partial charge in [0.25, 0.3) is 0 Å². The SMILES string of the molecule is O=C1N[C@@H]2CCCC[C@H]2NC(=O)C2=CN(C=CC2)Cc2ccc(cc2)CN2C=CCC(=C2)C(=O)N[C@@H]2CCCC[C@H]2NC(=O)C2=CN(C=CC2)Cc2ccc(cc2)CN2C=CCC1=C2. The summed E-state index contributed by atoms with van der Waals surface area (Å²) < 4.78 is 0. The van der Waals surface area contributed by atoms with Gasteiger partial charge in [-0.15, -0.1) is 0 Å². The third-order valence-electron chi connectivity index (χ3n) is 13.3. The van der Waals surface area contributed by atoms with E-state index in [0.717, 1.165) is 73.6 Å². The molecule has 0 aromatic heterocycles. The van der Waals surface area contributed by atoms with E-state index in [1.54, 1.807) is 0 Å². The van der Waals surface area contributed by atoms with Gasteiger partial charge < -0.3 is 40.9 Å². The van der Waals surface area contributed by atoms with Gasteiger partial charge in [-0.3, -0.25) is 19.2 Å². The molecule has 12 bridgehead atoms. The maximum atomic E-state index is 13.7. The van der Waals surface area contributed by atoms with Crippen LogP contribution in [0.1, 0.15) is 99.3 Å². The van der Waals surface area contributed by atoms with Crippen LogP contribution in [0.15, 0.2) is 145 Å². The predicted molar refractivity (Wildman–Crippen MR) is 247 cm³/mol. The van der Waals surface area contributed by atoms with E-state index in [2.05, 4.69) is 69.8 Å². The molecule has 2 aromatic rings. The summed E-state index contributed by atoms with van der Waals surface area (Å²) in [6, 6.07) is 16.3. The van der Waals surface area contributed by atoms with Crippen LogP contribution in [0.4, 0.5) is 0 Å². The minimum absolute atomic E-state index is 0.0919. The number of carbonyl (C=O) groups is 4. The van der Waals surface area contributed by atoms with E-state index in [1.807, 2.05) is 93.5 Å². The highest BCUT2D eigenvalue weighted by molar-refractivity contribution is 5.96. The Morgan fingerprint density at radius 2 is 0.562 bits per heavy atom. The molecule has 4 atom stereocenters. The summed E-state index contributed by atoms with van der Waals surface area (Å²) in [6.07, 6.45) is 33.4. The molecule has 2 saturated carbocycles. The van der Waals surface area contributed by atoms with E-state index in [1.165, 1.54) is 0 Å². The number of hydrogen-bond acceptors (Lipinski definition) is 8. The molecule has 2 fully saturated rings. The van der Waals surface area contributed by atoms with Gasteiger partial charge in [0.2, 0.25) is 23.6 Å². The fraction of sp³-hybridized carbons (Fsp3) is 0.385. The average molecular weight is 861 g/mol. The van der Waals surface area contributed by atoms with E-state index in [4.69, 9.17) is 0 Å². The van der Waals surface area contributed by atoms with Crippen molar-refractivity contribution < 1.29 is 19.2 Å². The number of nitrogens with one attached hydrogen (secondary N) is 4. The summed E-state index contributed by atoms with van der Waals surface area (Å²) in [5.74, 6) is -0.368. The van der Waals surface area contributed by atoms with Gasteiger partial charge in [-0.1, -0.05) is 98.5 Å². The van der Waals surface area contributed by atoms with Crippen LogP contribution in [0, 0.1) is 0 Å². The summed E-state index contributed by atoms with van der Waals surface area (Å²) in [4.78, 5) is 63.1. The molecule has 4 amide bonds. The van der Waals surface area contributed by atoms with Crippen LogP contribution in [0.3, 0.4) is 0 Å². The van der Waals surface area contributed by atoms with Crippen molar-refractivity contribution in [3.63, 3.8) is 0 Å². The lowest BCUT2D eigenvalue weighted by Gasteiger charge is -2.34. The van der Waals surface area contributed by atoms with Crippen LogP contribution in [0.5, 0.6) is 0 Å². The first kappa shape index (κ1) is 42.7. The second-order valence-electron chi connectivity index (χ2n) is 18.2. The maximum Gasteiger partial charge on any atom is 0.249 e. The number of carbonyl (C=O) groups excluding carboxylic acids is 4. The van der Waals surface area contributed by atoms with Crippen LogP contribution in [-0.2, 0) is 45.4 Å². The van der Waals surface area contributed by atoms with Gasteiger partial charge in [-0.2, -0.15) is 0 Å². The highest BCUT2D eigenvalue weighted by Crippen LogP contribution is 2.26. The Morgan fingerprint density at radius 3 is 0.781 bits per heavy atom. The summed E-state index contributed by atoms with van der Waals surface area (Å²) in [6.45, 7) is 2.46. The monoisotopic (exact) mass is 860 g/mol. The number of amides is 4. The first-order valence-corrected chi connectivity index (χ1v) is 23.2. The van der Waals surface area contributed by atoms with Crippen LogP contribution in [-0.4, -0.2) is 67.4 Å². The fourth-order valence-electron chi connectivity index (χ4n) is 9.78. The smallest absolute Gasteiger partial charge is 0.249 e. The normalized spacial score (nSPS) is 25.8. The number of nitrogens with zero attached hydrogens (tertiary/aromatic N) is 4. The number of allylic oxidation sites excluding steroid dienone is 4. The first-order chi connectivity index (χ1) is 31.3. The number of rotatable bonds is 0. The molecule has 0 spiro atoms.